The molecule has 2 aliphatic heterocycles. The van der Waals surface area contributed by atoms with Crippen molar-refractivity contribution in [2.24, 2.45) is 5.41 Å². The number of rotatable bonds is 10. The zero-order valence-corrected chi connectivity index (χ0v) is 31.5. The van der Waals surface area contributed by atoms with Gasteiger partial charge in [-0.1, -0.05) is 18.2 Å². The topological polar surface area (TPSA) is 139 Å². The Bertz CT molecular complexity index is 2140. The molecule has 14 heteroatoms. The lowest BCUT2D eigenvalue weighted by Gasteiger charge is -2.33. The van der Waals surface area contributed by atoms with E-state index in [-0.39, 0.29) is 23.9 Å². The van der Waals surface area contributed by atoms with Crippen LogP contribution in [0.4, 0.5) is 4.39 Å². The summed E-state index contributed by atoms with van der Waals surface area (Å²) < 4.78 is 58.3. The number of fused-ring (bicyclic) bond motifs is 2. The van der Waals surface area contributed by atoms with E-state index in [1.807, 2.05) is 55.6 Å². The van der Waals surface area contributed by atoms with Gasteiger partial charge in [-0.05, 0) is 107 Å². The van der Waals surface area contributed by atoms with Crippen molar-refractivity contribution >= 4 is 21.6 Å². The van der Waals surface area contributed by atoms with E-state index in [9.17, 15) is 22.7 Å². The fourth-order valence-electron chi connectivity index (χ4n) is 7.54. The van der Waals surface area contributed by atoms with E-state index in [1.165, 1.54) is 4.31 Å². The van der Waals surface area contributed by atoms with Gasteiger partial charge in [-0.25, -0.2) is 12.8 Å². The van der Waals surface area contributed by atoms with E-state index < -0.39 is 39.1 Å². The summed E-state index contributed by atoms with van der Waals surface area (Å²) in [5, 5.41) is 19.0. The van der Waals surface area contributed by atoms with Crippen LogP contribution in [0, 0.1) is 33.1 Å². The molecule has 0 amide bonds. The number of carboxylic acid groups (broad SMARTS) is 1. The van der Waals surface area contributed by atoms with Crippen LogP contribution in [0.5, 0.6) is 11.8 Å². The van der Waals surface area contributed by atoms with Gasteiger partial charge in [0.15, 0.2) is 5.65 Å². The molecule has 1 saturated heterocycles. The number of hydrogen-bond acceptors (Lipinski definition) is 9. The van der Waals surface area contributed by atoms with Crippen molar-refractivity contribution in [3.8, 4) is 11.8 Å². The van der Waals surface area contributed by atoms with Crippen molar-refractivity contribution in [1.82, 2.24) is 28.8 Å². The van der Waals surface area contributed by atoms with E-state index in [0.717, 1.165) is 33.6 Å². The van der Waals surface area contributed by atoms with Crippen LogP contribution in [0.1, 0.15) is 84.7 Å². The maximum atomic E-state index is 14.5. The molecule has 52 heavy (non-hydrogen) atoms. The van der Waals surface area contributed by atoms with Crippen LogP contribution in [0.15, 0.2) is 41.4 Å². The molecule has 4 aromatic rings. The van der Waals surface area contributed by atoms with Gasteiger partial charge in [-0.2, -0.15) is 9.29 Å². The maximum absolute atomic E-state index is 14.5. The van der Waals surface area contributed by atoms with Crippen molar-refractivity contribution in [3.05, 3.63) is 75.7 Å². The Labute approximate surface area is 304 Å². The van der Waals surface area contributed by atoms with Crippen LogP contribution < -0.4 is 9.47 Å². The highest BCUT2D eigenvalue weighted by Crippen LogP contribution is 2.48. The molecular formula is C38H47FN6O6S. The molecule has 1 aromatic carbocycles. The highest BCUT2D eigenvalue weighted by atomic mass is 32.2. The molecule has 0 radical (unpaired) electrons. The third kappa shape index (κ3) is 6.64. The molecule has 0 bridgehead atoms. The third-order valence-corrected chi connectivity index (χ3v) is 12.9. The Kier molecular flexibility index (Phi) is 9.31. The largest absolute Gasteiger partial charge is 0.481 e. The number of pyridine rings is 2. The third-order valence-electron chi connectivity index (χ3n) is 11.1. The molecule has 3 aromatic heterocycles. The number of sulfonamides is 1. The lowest BCUT2D eigenvalue weighted by Crippen LogP contribution is -2.38. The van der Waals surface area contributed by atoms with Crippen molar-refractivity contribution in [2.75, 3.05) is 32.8 Å². The average Bonchev–Trinajstić information content (AvgIpc) is 3.76. The van der Waals surface area contributed by atoms with Gasteiger partial charge in [0.25, 0.3) is 0 Å². The number of likely N-dealkylation sites (tertiary alicyclic amines) is 1. The summed E-state index contributed by atoms with van der Waals surface area (Å²) in [6, 6.07) is 9.32. The van der Waals surface area contributed by atoms with Crippen LogP contribution >= 0.6 is 0 Å². The molecule has 1 N–H and O–H groups in total. The van der Waals surface area contributed by atoms with E-state index >= 15 is 0 Å². The predicted molar refractivity (Wildman–Crippen MR) is 192 cm³/mol. The van der Waals surface area contributed by atoms with E-state index in [4.69, 9.17) is 9.47 Å². The summed E-state index contributed by atoms with van der Waals surface area (Å²) >= 11 is 0. The van der Waals surface area contributed by atoms with Gasteiger partial charge in [0.05, 0.1) is 12.0 Å². The minimum Gasteiger partial charge on any atom is -0.481 e. The first-order valence-corrected chi connectivity index (χ1v) is 19.4. The molecule has 7 rings (SSSR count). The molecule has 1 aliphatic carbocycles. The summed E-state index contributed by atoms with van der Waals surface area (Å²) in [7, 11) is -4.07. The molecule has 278 valence electrons. The first kappa shape index (κ1) is 36.2. The van der Waals surface area contributed by atoms with E-state index in [0.29, 0.717) is 69.0 Å². The number of benzene rings is 1. The molecule has 0 unspecified atom stereocenters. The zero-order valence-electron chi connectivity index (χ0n) is 30.6. The Morgan fingerprint density at radius 1 is 1.10 bits per heavy atom. The smallest absolute Gasteiger partial charge is 0.310 e. The molecule has 1 spiro atoms. The first-order chi connectivity index (χ1) is 24.6. The number of aryl methyl sites for hydroxylation is 4. The van der Waals surface area contributed by atoms with E-state index in [2.05, 4.69) is 20.1 Å². The number of alkyl halides is 1. The van der Waals surface area contributed by atoms with Crippen molar-refractivity contribution in [1.29, 1.82) is 0 Å². The minimum atomic E-state index is -4.07. The molecular weight excluding hydrogens is 688 g/mol. The van der Waals surface area contributed by atoms with Gasteiger partial charge in [-0.15, -0.1) is 10.2 Å². The minimum absolute atomic E-state index is 0.00244. The second-order valence-corrected chi connectivity index (χ2v) is 17.2. The maximum Gasteiger partial charge on any atom is 0.310 e. The molecule has 2 fully saturated rings. The highest BCUT2D eigenvalue weighted by Gasteiger charge is 2.53. The average molecular weight is 735 g/mol. The SMILES string of the molecule is Cc1ccc([C@H](c2ccn3c(C)nnc3c2C)C(C)(C)C(=O)O)cc1CN1CC2(CC2)Oc2nc(OCCN3CCC(F)CC3)c(C)cc2S1(=O)=O. The fraction of sp³-hybridized carbons (Fsp3) is 0.526. The van der Waals surface area contributed by atoms with Gasteiger partial charge in [-0.3, -0.25) is 14.1 Å². The second-order valence-electron chi connectivity index (χ2n) is 15.3. The number of piperidine rings is 1. The highest BCUT2D eigenvalue weighted by molar-refractivity contribution is 7.89. The quantitative estimate of drug-likeness (QED) is 0.221. The molecule has 1 saturated carbocycles. The summed E-state index contributed by atoms with van der Waals surface area (Å²) in [5.41, 5.74) is 3.37. The summed E-state index contributed by atoms with van der Waals surface area (Å²) in [6.07, 6.45) is 3.53. The Morgan fingerprint density at radius 2 is 1.83 bits per heavy atom. The zero-order chi connectivity index (χ0) is 37.2. The molecule has 3 aliphatic rings. The predicted octanol–water partition coefficient (Wildman–Crippen LogP) is 5.53. The fourth-order valence-corrected chi connectivity index (χ4v) is 9.17. The Hall–Kier alpha value is -4.14. The van der Waals surface area contributed by atoms with Crippen LogP contribution in [-0.4, -0.2) is 92.8 Å². The summed E-state index contributed by atoms with van der Waals surface area (Å²) in [5.74, 6) is -0.434. The van der Waals surface area contributed by atoms with Crippen LogP contribution in [0.3, 0.4) is 0 Å². The van der Waals surface area contributed by atoms with Crippen molar-refractivity contribution < 1.29 is 32.2 Å². The van der Waals surface area contributed by atoms with Crippen molar-refractivity contribution in [3.63, 3.8) is 0 Å². The lowest BCUT2D eigenvalue weighted by atomic mass is 9.70. The molecule has 5 heterocycles. The number of aliphatic carboxylic acids is 1. The van der Waals surface area contributed by atoms with Gasteiger partial charge >= 0.3 is 5.97 Å². The Balaban J connectivity index is 1.20. The van der Waals surface area contributed by atoms with Crippen LogP contribution in [0.25, 0.3) is 5.65 Å². The number of halogens is 1. The molecule has 1 atom stereocenters. The monoisotopic (exact) mass is 734 g/mol. The standard InChI is InChI=1S/C38H47FN6O6S/c1-23-7-8-27(32(37(5,6)36(46)47)30-11-16-45-26(4)41-42-33(45)25(30)3)20-28(23)21-44-22-38(12-13-38)51-35-31(52(44,48)49)19-24(2)34(40-35)50-18-17-43-14-9-29(39)10-15-43/h7-8,11,16,19-20,29,32H,9-10,12-15,17-18,21-22H2,1-6H3,(H,46,47)/t32-/m1/s1. The summed E-state index contributed by atoms with van der Waals surface area (Å²) in [6.45, 7) is 13.5. The van der Waals surface area contributed by atoms with Gasteiger partial charge in [0, 0.05) is 43.9 Å². The van der Waals surface area contributed by atoms with Crippen LogP contribution in [-0.2, 0) is 21.4 Å². The second kappa shape index (κ2) is 13.4. The van der Waals surface area contributed by atoms with Gasteiger partial charge in [0.1, 0.15) is 29.1 Å². The van der Waals surface area contributed by atoms with Crippen LogP contribution in [0.2, 0.25) is 0 Å². The number of ether oxygens (including phenoxy) is 2. The number of aromatic nitrogens is 4. The first-order valence-electron chi connectivity index (χ1n) is 17.9. The Morgan fingerprint density at radius 3 is 2.52 bits per heavy atom. The molecule has 12 nitrogen and oxygen atoms in total. The van der Waals surface area contributed by atoms with Gasteiger partial charge < -0.3 is 14.6 Å². The van der Waals surface area contributed by atoms with E-state index in [1.54, 1.807) is 26.8 Å². The number of carboxylic acids is 1. The number of hydrogen-bond donors (Lipinski definition) is 1. The normalized spacial score (nSPS) is 19.6. The van der Waals surface area contributed by atoms with Gasteiger partial charge in [0.2, 0.25) is 21.8 Å². The number of carbonyl (C=O) groups is 1. The summed E-state index contributed by atoms with van der Waals surface area (Å²) in [4.78, 5) is 19.6. The lowest BCUT2D eigenvalue weighted by molar-refractivity contribution is -0.147. The van der Waals surface area contributed by atoms with Crippen molar-refractivity contribution in [2.45, 2.75) is 96.4 Å². The number of nitrogens with zero attached hydrogens (tertiary/aromatic N) is 6.